The molecule has 0 spiro atoms. The van der Waals surface area contributed by atoms with Crippen molar-refractivity contribution in [2.45, 2.75) is 25.3 Å². The number of carbonyl (C=O) groups excluding carboxylic acids is 2. The highest BCUT2D eigenvalue weighted by Gasteiger charge is 2.49. The lowest BCUT2D eigenvalue weighted by Gasteiger charge is -2.42. The van der Waals surface area contributed by atoms with Gasteiger partial charge in [-0.15, -0.1) is 0 Å². The summed E-state index contributed by atoms with van der Waals surface area (Å²) in [6.07, 6.45) is 2.03. The monoisotopic (exact) mass is 237 g/mol. The standard InChI is InChI=1S/C11H15N3O3/c12-7-11(2-1-3-11)10(16)14-4-5-17-6-8(14)9(13)15/h8H,1-6H2,(H2,13,15). The number of ether oxygens (including phenoxy) is 1. The second-order valence-corrected chi connectivity index (χ2v) is 4.54. The lowest BCUT2D eigenvalue weighted by Crippen LogP contribution is -2.59. The molecule has 1 saturated heterocycles. The van der Waals surface area contributed by atoms with E-state index in [0.717, 1.165) is 6.42 Å². The van der Waals surface area contributed by atoms with E-state index < -0.39 is 17.4 Å². The van der Waals surface area contributed by atoms with Crippen LogP contribution in [0.2, 0.25) is 0 Å². The number of amides is 2. The van der Waals surface area contributed by atoms with Crippen LogP contribution in [0.4, 0.5) is 0 Å². The van der Waals surface area contributed by atoms with E-state index in [9.17, 15) is 9.59 Å². The molecule has 6 nitrogen and oxygen atoms in total. The Labute approximate surface area is 99.3 Å². The second-order valence-electron chi connectivity index (χ2n) is 4.54. The van der Waals surface area contributed by atoms with Gasteiger partial charge >= 0.3 is 0 Å². The molecule has 1 aliphatic carbocycles. The Morgan fingerprint density at radius 3 is 2.65 bits per heavy atom. The summed E-state index contributed by atoms with van der Waals surface area (Å²) in [7, 11) is 0. The summed E-state index contributed by atoms with van der Waals surface area (Å²) in [6, 6.07) is 1.35. The average Bonchev–Trinajstić information content (AvgIpc) is 2.28. The predicted octanol–water partition coefficient (Wildman–Crippen LogP) is -0.607. The van der Waals surface area contributed by atoms with Crippen molar-refractivity contribution in [2.75, 3.05) is 19.8 Å². The van der Waals surface area contributed by atoms with Gasteiger partial charge in [0.05, 0.1) is 19.3 Å². The molecule has 0 aromatic rings. The molecule has 92 valence electrons. The van der Waals surface area contributed by atoms with Crippen LogP contribution in [0.3, 0.4) is 0 Å². The zero-order valence-corrected chi connectivity index (χ0v) is 9.52. The first kappa shape index (κ1) is 11.9. The van der Waals surface area contributed by atoms with Gasteiger partial charge in [0, 0.05) is 6.54 Å². The highest BCUT2D eigenvalue weighted by molar-refractivity contribution is 5.91. The number of nitrogens with two attached hydrogens (primary N) is 1. The lowest BCUT2D eigenvalue weighted by molar-refractivity contribution is -0.156. The van der Waals surface area contributed by atoms with E-state index in [0.29, 0.717) is 26.0 Å². The molecule has 17 heavy (non-hydrogen) atoms. The second kappa shape index (κ2) is 4.34. The Hall–Kier alpha value is -1.61. The first-order chi connectivity index (χ1) is 8.10. The van der Waals surface area contributed by atoms with Crippen molar-refractivity contribution in [1.82, 2.24) is 4.90 Å². The van der Waals surface area contributed by atoms with E-state index in [1.54, 1.807) is 0 Å². The van der Waals surface area contributed by atoms with Gasteiger partial charge < -0.3 is 15.4 Å². The van der Waals surface area contributed by atoms with Crippen LogP contribution < -0.4 is 5.73 Å². The first-order valence-corrected chi connectivity index (χ1v) is 5.70. The summed E-state index contributed by atoms with van der Waals surface area (Å²) >= 11 is 0. The maximum Gasteiger partial charge on any atom is 0.243 e. The normalized spacial score (nSPS) is 26.8. The van der Waals surface area contributed by atoms with E-state index >= 15 is 0 Å². The Balaban J connectivity index is 2.17. The molecular formula is C11H15N3O3. The summed E-state index contributed by atoms with van der Waals surface area (Å²) in [5, 5.41) is 9.12. The van der Waals surface area contributed by atoms with Crippen molar-refractivity contribution in [2.24, 2.45) is 11.1 Å². The van der Waals surface area contributed by atoms with Crippen LogP contribution in [0.5, 0.6) is 0 Å². The highest BCUT2D eigenvalue weighted by atomic mass is 16.5. The third-order valence-corrected chi connectivity index (χ3v) is 3.55. The van der Waals surface area contributed by atoms with Crippen molar-refractivity contribution in [3.63, 3.8) is 0 Å². The van der Waals surface area contributed by atoms with Gasteiger partial charge in [0.1, 0.15) is 11.5 Å². The summed E-state index contributed by atoms with van der Waals surface area (Å²) in [5.74, 6) is -0.844. The fourth-order valence-electron chi connectivity index (χ4n) is 2.26. The van der Waals surface area contributed by atoms with Gasteiger partial charge in [-0.2, -0.15) is 5.26 Å². The molecule has 1 saturated carbocycles. The maximum atomic E-state index is 12.3. The SMILES string of the molecule is N#CC1(C(=O)N2CCOCC2C(N)=O)CCC1. The number of carbonyl (C=O) groups is 2. The molecule has 2 rings (SSSR count). The summed E-state index contributed by atoms with van der Waals surface area (Å²) in [6.45, 7) is 0.843. The quantitative estimate of drug-likeness (QED) is 0.693. The number of nitrogens with zero attached hydrogens (tertiary/aromatic N) is 2. The number of morpholine rings is 1. The first-order valence-electron chi connectivity index (χ1n) is 5.70. The summed E-state index contributed by atoms with van der Waals surface area (Å²) in [4.78, 5) is 25.0. The van der Waals surface area contributed by atoms with E-state index in [1.807, 2.05) is 0 Å². The number of rotatable bonds is 2. The van der Waals surface area contributed by atoms with E-state index in [4.69, 9.17) is 15.7 Å². The molecule has 2 N–H and O–H groups in total. The lowest BCUT2D eigenvalue weighted by atomic mass is 9.68. The Morgan fingerprint density at radius 2 is 2.18 bits per heavy atom. The maximum absolute atomic E-state index is 12.3. The smallest absolute Gasteiger partial charge is 0.243 e. The Kier molecular flexibility index (Phi) is 3.03. The highest BCUT2D eigenvalue weighted by Crippen LogP contribution is 2.42. The van der Waals surface area contributed by atoms with Crippen LogP contribution in [0.25, 0.3) is 0 Å². The third kappa shape index (κ3) is 1.87. The van der Waals surface area contributed by atoms with Gasteiger partial charge in [-0.3, -0.25) is 9.59 Å². The van der Waals surface area contributed by atoms with Crippen LogP contribution in [-0.4, -0.2) is 42.5 Å². The molecule has 1 heterocycles. The fourth-order valence-corrected chi connectivity index (χ4v) is 2.26. The zero-order chi connectivity index (χ0) is 12.5. The molecule has 2 fully saturated rings. The third-order valence-electron chi connectivity index (χ3n) is 3.55. The molecule has 1 unspecified atom stereocenters. The van der Waals surface area contributed by atoms with Gasteiger partial charge in [0.2, 0.25) is 11.8 Å². The number of hydrogen-bond donors (Lipinski definition) is 1. The van der Waals surface area contributed by atoms with E-state index in [1.165, 1.54) is 4.90 Å². The van der Waals surface area contributed by atoms with Gasteiger partial charge in [-0.1, -0.05) is 0 Å². The van der Waals surface area contributed by atoms with Gasteiger partial charge in [0.25, 0.3) is 0 Å². The molecule has 1 aliphatic heterocycles. The molecular weight excluding hydrogens is 222 g/mol. The minimum atomic E-state index is -0.926. The topological polar surface area (TPSA) is 96.4 Å². The van der Waals surface area contributed by atoms with Gasteiger partial charge in [-0.25, -0.2) is 0 Å². The number of hydrogen-bond acceptors (Lipinski definition) is 4. The van der Waals surface area contributed by atoms with Crippen molar-refractivity contribution in [1.29, 1.82) is 5.26 Å². The molecule has 0 radical (unpaired) electrons. The van der Waals surface area contributed by atoms with E-state index in [2.05, 4.69) is 6.07 Å². The van der Waals surface area contributed by atoms with Crippen molar-refractivity contribution < 1.29 is 14.3 Å². The van der Waals surface area contributed by atoms with Crippen molar-refractivity contribution >= 4 is 11.8 Å². The predicted molar refractivity (Wildman–Crippen MR) is 57.4 cm³/mol. The van der Waals surface area contributed by atoms with Crippen molar-refractivity contribution in [3.8, 4) is 6.07 Å². The van der Waals surface area contributed by atoms with Crippen molar-refractivity contribution in [3.05, 3.63) is 0 Å². The fraction of sp³-hybridized carbons (Fsp3) is 0.727. The average molecular weight is 237 g/mol. The Morgan fingerprint density at radius 1 is 1.47 bits per heavy atom. The van der Waals surface area contributed by atoms with Crippen LogP contribution in [0.1, 0.15) is 19.3 Å². The van der Waals surface area contributed by atoms with Crippen LogP contribution in [-0.2, 0) is 14.3 Å². The van der Waals surface area contributed by atoms with Gasteiger partial charge in [0.15, 0.2) is 0 Å². The van der Waals surface area contributed by atoms with E-state index in [-0.39, 0.29) is 12.5 Å². The molecule has 2 aliphatic rings. The largest absolute Gasteiger partial charge is 0.377 e. The summed E-state index contributed by atoms with van der Waals surface area (Å²) in [5.41, 5.74) is 4.32. The molecule has 2 amide bonds. The molecule has 0 aromatic heterocycles. The minimum Gasteiger partial charge on any atom is -0.377 e. The zero-order valence-electron chi connectivity index (χ0n) is 9.52. The van der Waals surface area contributed by atoms with Crippen LogP contribution in [0, 0.1) is 16.7 Å². The van der Waals surface area contributed by atoms with Crippen LogP contribution >= 0.6 is 0 Å². The molecule has 1 atom stereocenters. The van der Waals surface area contributed by atoms with Crippen LogP contribution in [0.15, 0.2) is 0 Å². The molecule has 6 heteroatoms. The van der Waals surface area contributed by atoms with Gasteiger partial charge in [-0.05, 0) is 19.3 Å². The minimum absolute atomic E-state index is 0.128. The molecule has 0 aromatic carbocycles. The number of nitriles is 1. The number of primary amides is 1. The Bertz CT molecular complexity index is 384. The molecule has 0 bridgehead atoms. The summed E-state index contributed by atoms with van der Waals surface area (Å²) < 4.78 is 5.14.